The summed E-state index contributed by atoms with van der Waals surface area (Å²) >= 11 is 0. The van der Waals surface area contributed by atoms with Crippen molar-refractivity contribution in [2.75, 3.05) is 0 Å². The van der Waals surface area contributed by atoms with Crippen molar-refractivity contribution in [1.29, 1.82) is 0 Å². The van der Waals surface area contributed by atoms with Crippen LogP contribution in [0.25, 0.3) is 121 Å². The number of fused-ring (bicyclic) bond motifs is 11. The molecule has 1 aliphatic carbocycles. The van der Waals surface area contributed by atoms with Crippen LogP contribution in [0.4, 0.5) is 0 Å². The summed E-state index contributed by atoms with van der Waals surface area (Å²) in [5.41, 5.74) is 16.4. The molecule has 0 N–H and O–H groups in total. The highest BCUT2D eigenvalue weighted by molar-refractivity contribution is 6.22. The molecule has 0 atom stereocenters. The third-order valence-corrected chi connectivity index (χ3v) is 12.4. The van der Waals surface area contributed by atoms with Gasteiger partial charge in [-0.25, -0.2) is 4.98 Å². The van der Waals surface area contributed by atoms with Crippen LogP contribution in [-0.2, 0) is 0 Å². The van der Waals surface area contributed by atoms with E-state index < -0.39 is 0 Å². The molecule has 12 aromatic rings. The molecule has 0 aliphatic heterocycles. The summed E-state index contributed by atoms with van der Waals surface area (Å²) in [6.45, 7) is 0. The largest absolute Gasteiger partial charge is 0.309 e. The molecule has 0 saturated carbocycles. The predicted molar refractivity (Wildman–Crippen MR) is 243 cm³/mol. The van der Waals surface area contributed by atoms with Gasteiger partial charge in [0.1, 0.15) is 0 Å². The fraction of sp³-hybridized carbons (Fsp3) is 0. The molecule has 0 unspecified atom stereocenters. The number of benzene rings is 9. The molecule has 58 heavy (non-hydrogen) atoms. The number of para-hydroxylation sites is 3. The summed E-state index contributed by atoms with van der Waals surface area (Å²) < 4.78 is 4.80. The molecular formula is C55H33N3. The van der Waals surface area contributed by atoms with E-state index in [-0.39, 0.29) is 0 Å². The van der Waals surface area contributed by atoms with Crippen LogP contribution >= 0.6 is 0 Å². The summed E-state index contributed by atoms with van der Waals surface area (Å²) in [6.07, 6.45) is 0. The standard InChI is InChI=1S/C55H33N3/c1-2-14-39(15-3-1)57-49-22-8-6-18-43(49)47-32-35(25-28-51(47)57)34-24-27-41-36(30-34)26-29-52-54(41)46-20-7-9-23-50(46)58(52)40-16-10-12-37(31-40)48-33-38-13-11-21-44-42-17-4-5-19-45(42)55(56-48)53(38)44/h1-33H. The maximum absolute atomic E-state index is 5.34. The quantitative estimate of drug-likeness (QED) is 0.176. The number of rotatable bonds is 4. The minimum atomic E-state index is 0.986. The van der Waals surface area contributed by atoms with Gasteiger partial charge in [0.05, 0.1) is 33.5 Å². The van der Waals surface area contributed by atoms with E-state index >= 15 is 0 Å². The van der Waals surface area contributed by atoms with Crippen molar-refractivity contribution in [3.05, 3.63) is 200 Å². The van der Waals surface area contributed by atoms with Crippen molar-refractivity contribution in [1.82, 2.24) is 14.1 Å². The van der Waals surface area contributed by atoms with Gasteiger partial charge < -0.3 is 9.13 Å². The van der Waals surface area contributed by atoms with E-state index in [1.54, 1.807) is 0 Å². The molecule has 3 heteroatoms. The number of hydrogen-bond acceptors (Lipinski definition) is 1. The van der Waals surface area contributed by atoms with Crippen molar-refractivity contribution in [2.45, 2.75) is 0 Å². The minimum Gasteiger partial charge on any atom is -0.309 e. The first-order valence-corrected chi connectivity index (χ1v) is 20.0. The average molecular weight is 736 g/mol. The van der Waals surface area contributed by atoms with Crippen LogP contribution in [0.3, 0.4) is 0 Å². The molecule has 0 spiro atoms. The molecule has 0 bridgehead atoms. The molecule has 0 radical (unpaired) electrons. The van der Waals surface area contributed by atoms with Crippen molar-refractivity contribution in [3.63, 3.8) is 0 Å². The second kappa shape index (κ2) is 11.9. The number of pyridine rings is 1. The Morgan fingerprint density at radius 3 is 1.86 bits per heavy atom. The molecule has 0 fully saturated rings. The summed E-state index contributed by atoms with van der Waals surface area (Å²) in [7, 11) is 0. The Morgan fingerprint density at radius 2 is 0.966 bits per heavy atom. The first-order chi connectivity index (χ1) is 28.8. The van der Waals surface area contributed by atoms with Gasteiger partial charge >= 0.3 is 0 Å². The van der Waals surface area contributed by atoms with E-state index in [0.29, 0.717) is 0 Å². The van der Waals surface area contributed by atoms with Crippen LogP contribution in [0.5, 0.6) is 0 Å². The van der Waals surface area contributed by atoms with Crippen LogP contribution in [-0.4, -0.2) is 14.1 Å². The summed E-state index contributed by atoms with van der Waals surface area (Å²) in [4.78, 5) is 5.34. The van der Waals surface area contributed by atoms with Gasteiger partial charge in [0.25, 0.3) is 0 Å². The molecule has 3 heterocycles. The number of nitrogens with zero attached hydrogens (tertiary/aromatic N) is 3. The second-order valence-corrected chi connectivity index (χ2v) is 15.5. The topological polar surface area (TPSA) is 22.8 Å². The highest BCUT2D eigenvalue weighted by Crippen LogP contribution is 2.47. The van der Waals surface area contributed by atoms with E-state index in [9.17, 15) is 0 Å². The molecule has 3 nitrogen and oxygen atoms in total. The predicted octanol–water partition coefficient (Wildman–Crippen LogP) is 14.6. The van der Waals surface area contributed by atoms with Gasteiger partial charge in [-0.2, -0.15) is 0 Å². The first-order valence-electron chi connectivity index (χ1n) is 20.0. The summed E-state index contributed by atoms with van der Waals surface area (Å²) in [5, 5.41) is 9.99. The van der Waals surface area contributed by atoms with Crippen LogP contribution in [0.15, 0.2) is 200 Å². The Bertz CT molecular complexity index is 3680. The zero-order chi connectivity index (χ0) is 37.9. The second-order valence-electron chi connectivity index (χ2n) is 15.5. The Balaban J connectivity index is 0.948. The lowest BCUT2D eigenvalue weighted by atomic mass is 9.97. The van der Waals surface area contributed by atoms with Crippen molar-refractivity contribution in [2.24, 2.45) is 0 Å². The van der Waals surface area contributed by atoms with Crippen LogP contribution in [0.1, 0.15) is 0 Å². The van der Waals surface area contributed by atoms with Gasteiger partial charge in [0, 0.05) is 49.4 Å². The van der Waals surface area contributed by atoms with Gasteiger partial charge in [-0.1, -0.05) is 133 Å². The van der Waals surface area contributed by atoms with Crippen LogP contribution in [0, 0.1) is 0 Å². The Hall–Kier alpha value is -7.75. The SMILES string of the molecule is c1ccc(-n2c3ccccc3c3cc(-c4ccc5c(ccc6c5c5ccccc5n6-c5cccc(-c6cc7cccc8c7c(n6)-c6ccccc6-8)c5)c4)ccc32)cc1. The first kappa shape index (κ1) is 31.5. The van der Waals surface area contributed by atoms with Gasteiger partial charge in [-0.05, 0) is 105 Å². The summed E-state index contributed by atoms with van der Waals surface area (Å²) in [6, 6.07) is 73.1. The Kier molecular flexibility index (Phi) is 6.44. The molecule has 13 rings (SSSR count). The fourth-order valence-electron chi connectivity index (χ4n) is 9.87. The third kappa shape index (κ3) is 4.41. The highest BCUT2D eigenvalue weighted by Gasteiger charge is 2.24. The molecule has 0 saturated heterocycles. The van der Waals surface area contributed by atoms with E-state index in [1.165, 1.54) is 98.7 Å². The van der Waals surface area contributed by atoms with Crippen LogP contribution in [0.2, 0.25) is 0 Å². The van der Waals surface area contributed by atoms with Gasteiger partial charge in [0.2, 0.25) is 0 Å². The molecule has 3 aromatic heterocycles. The molecule has 9 aromatic carbocycles. The Morgan fingerprint density at radius 1 is 0.310 bits per heavy atom. The van der Waals surface area contributed by atoms with Crippen molar-refractivity contribution in [3.8, 4) is 56.1 Å². The molecule has 1 aliphatic rings. The highest BCUT2D eigenvalue weighted by atomic mass is 15.0. The average Bonchev–Trinajstić information content (AvgIpc) is 3.93. The number of hydrogen-bond donors (Lipinski definition) is 0. The lowest BCUT2D eigenvalue weighted by Crippen LogP contribution is -1.95. The Labute approximate surface area is 334 Å². The maximum atomic E-state index is 5.34. The molecule has 0 amide bonds. The number of aromatic nitrogens is 3. The lowest BCUT2D eigenvalue weighted by Gasteiger charge is -2.12. The van der Waals surface area contributed by atoms with E-state index in [1.807, 2.05) is 0 Å². The van der Waals surface area contributed by atoms with Gasteiger partial charge in [-0.3, -0.25) is 0 Å². The maximum Gasteiger partial charge on any atom is 0.0800 e. The van der Waals surface area contributed by atoms with E-state index in [0.717, 1.165) is 22.6 Å². The smallest absolute Gasteiger partial charge is 0.0800 e. The zero-order valence-electron chi connectivity index (χ0n) is 31.4. The zero-order valence-corrected chi connectivity index (χ0v) is 31.4. The fourth-order valence-corrected chi connectivity index (χ4v) is 9.87. The minimum absolute atomic E-state index is 0.986. The summed E-state index contributed by atoms with van der Waals surface area (Å²) in [5.74, 6) is 0. The van der Waals surface area contributed by atoms with Gasteiger partial charge in [0.15, 0.2) is 0 Å². The van der Waals surface area contributed by atoms with Crippen molar-refractivity contribution >= 4 is 65.2 Å². The third-order valence-electron chi connectivity index (χ3n) is 12.4. The normalized spacial score (nSPS) is 12.1. The van der Waals surface area contributed by atoms with Crippen molar-refractivity contribution < 1.29 is 0 Å². The van der Waals surface area contributed by atoms with E-state index in [2.05, 4.69) is 209 Å². The van der Waals surface area contributed by atoms with Crippen LogP contribution < -0.4 is 0 Å². The lowest BCUT2D eigenvalue weighted by molar-refractivity contribution is 1.18. The van der Waals surface area contributed by atoms with E-state index in [4.69, 9.17) is 4.98 Å². The monoisotopic (exact) mass is 735 g/mol. The molecular weight excluding hydrogens is 703 g/mol. The van der Waals surface area contributed by atoms with Gasteiger partial charge in [-0.15, -0.1) is 0 Å². The molecule has 268 valence electrons.